The van der Waals surface area contributed by atoms with Gasteiger partial charge in [0.2, 0.25) is 18.1 Å². The van der Waals surface area contributed by atoms with Gasteiger partial charge in [0, 0.05) is 35.6 Å². The average molecular weight is 409 g/mol. The van der Waals surface area contributed by atoms with Crippen molar-refractivity contribution in [3.8, 4) is 0 Å². The van der Waals surface area contributed by atoms with E-state index in [-0.39, 0.29) is 12.8 Å². The number of carbonyl (C=O) groups is 2. The summed E-state index contributed by atoms with van der Waals surface area (Å²) in [6.07, 6.45) is 5.36. The quantitative estimate of drug-likeness (QED) is 0.347. The molecule has 0 aliphatic carbocycles. The van der Waals surface area contributed by atoms with Crippen LogP contribution in [0, 0.1) is 6.92 Å². The second-order valence-electron chi connectivity index (χ2n) is 7.26. The summed E-state index contributed by atoms with van der Waals surface area (Å²) in [4.78, 5) is 46.5. The van der Waals surface area contributed by atoms with Crippen LogP contribution >= 0.6 is 0 Å². The molecule has 1 aromatic carbocycles. The third-order valence-electron chi connectivity index (χ3n) is 4.92. The Labute approximate surface area is 173 Å². The Hall–Kier alpha value is -3.46. The maximum Gasteiger partial charge on any atom is 0.243 e. The van der Waals surface area contributed by atoms with Crippen molar-refractivity contribution in [1.29, 1.82) is 0 Å². The molecule has 0 saturated carbocycles. The van der Waals surface area contributed by atoms with Crippen molar-refractivity contribution in [3.05, 3.63) is 53.7 Å². The third-order valence-corrected chi connectivity index (χ3v) is 4.92. The molecular formula is C21H25N6O3. The first-order valence-corrected chi connectivity index (χ1v) is 9.67. The Bertz CT molecular complexity index is 1030. The minimum atomic E-state index is -0.906. The highest BCUT2D eigenvalue weighted by Gasteiger charge is 2.27. The summed E-state index contributed by atoms with van der Waals surface area (Å²) < 4.78 is 0. The van der Waals surface area contributed by atoms with E-state index < -0.39 is 29.9 Å². The minimum absolute atomic E-state index is 0.230. The van der Waals surface area contributed by atoms with Crippen LogP contribution in [0.3, 0.4) is 0 Å². The lowest BCUT2D eigenvalue weighted by molar-refractivity contribution is -0.129. The molecular weight excluding hydrogens is 384 g/mol. The molecule has 0 fully saturated rings. The van der Waals surface area contributed by atoms with Crippen LogP contribution in [0.1, 0.15) is 23.9 Å². The SMILES string of the molecule is Cc1[nH]c2ccccc2c1C[C@@H](NC(=O)[C@@H](N)Cc1c[nH]cn1)C(=O)N[C@@H](C)[C]=O. The van der Waals surface area contributed by atoms with Crippen LogP contribution < -0.4 is 16.4 Å². The first-order valence-electron chi connectivity index (χ1n) is 9.67. The number of para-hydroxylation sites is 1. The summed E-state index contributed by atoms with van der Waals surface area (Å²) in [7, 11) is 0. The minimum Gasteiger partial charge on any atom is -0.358 e. The van der Waals surface area contributed by atoms with Crippen LogP contribution in [0.2, 0.25) is 0 Å². The molecule has 157 valence electrons. The molecule has 30 heavy (non-hydrogen) atoms. The molecule has 2 aromatic heterocycles. The predicted octanol–water partition coefficient (Wildman–Crippen LogP) is 0.411. The second-order valence-corrected chi connectivity index (χ2v) is 7.26. The van der Waals surface area contributed by atoms with Crippen LogP contribution in [-0.2, 0) is 27.2 Å². The van der Waals surface area contributed by atoms with Crippen molar-refractivity contribution in [1.82, 2.24) is 25.6 Å². The fourth-order valence-electron chi connectivity index (χ4n) is 3.35. The van der Waals surface area contributed by atoms with Crippen molar-refractivity contribution in [2.75, 3.05) is 0 Å². The molecule has 3 aromatic rings. The van der Waals surface area contributed by atoms with E-state index in [9.17, 15) is 14.4 Å². The van der Waals surface area contributed by atoms with Crippen molar-refractivity contribution < 1.29 is 14.4 Å². The Morgan fingerprint density at radius 2 is 1.97 bits per heavy atom. The van der Waals surface area contributed by atoms with Gasteiger partial charge in [0.15, 0.2) is 0 Å². The molecule has 2 heterocycles. The highest BCUT2D eigenvalue weighted by molar-refractivity contribution is 5.92. The number of rotatable bonds is 9. The van der Waals surface area contributed by atoms with Gasteiger partial charge in [0.1, 0.15) is 6.04 Å². The number of nitrogens with zero attached hydrogens (tertiary/aromatic N) is 1. The highest BCUT2D eigenvalue weighted by Crippen LogP contribution is 2.23. The summed E-state index contributed by atoms with van der Waals surface area (Å²) >= 11 is 0. The number of aromatic amines is 2. The Morgan fingerprint density at radius 3 is 2.67 bits per heavy atom. The topological polar surface area (TPSA) is 146 Å². The molecule has 0 spiro atoms. The molecule has 1 radical (unpaired) electrons. The first kappa shape index (κ1) is 21.3. The predicted molar refractivity (Wildman–Crippen MR) is 112 cm³/mol. The third kappa shape index (κ3) is 4.93. The lowest BCUT2D eigenvalue weighted by Gasteiger charge is -2.21. The molecule has 9 heteroatoms. The fraction of sp³-hybridized carbons (Fsp3) is 0.333. The van der Waals surface area contributed by atoms with Gasteiger partial charge in [-0.3, -0.25) is 14.4 Å². The number of hydrogen-bond acceptors (Lipinski definition) is 5. The Balaban J connectivity index is 1.80. The largest absolute Gasteiger partial charge is 0.358 e. The maximum absolute atomic E-state index is 12.8. The van der Waals surface area contributed by atoms with Crippen molar-refractivity contribution in [2.45, 2.75) is 44.8 Å². The van der Waals surface area contributed by atoms with E-state index in [0.29, 0.717) is 5.69 Å². The van der Waals surface area contributed by atoms with Crippen molar-refractivity contribution >= 4 is 29.0 Å². The van der Waals surface area contributed by atoms with Gasteiger partial charge in [0.05, 0.1) is 24.1 Å². The highest BCUT2D eigenvalue weighted by atomic mass is 16.2. The molecule has 0 saturated heterocycles. The number of imidazole rings is 1. The van der Waals surface area contributed by atoms with Crippen LogP contribution in [0.25, 0.3) is 10.9 Å². The van der Waals surface area contributed by atoms with Crippen LogP contribution in [0.5, 0.6) is 0 Å². The van der Waals surface area contributed by atoms with Gasteiger partial charge in [-0.2, -0.15) is 0 Å². The van der Waals surface area contributed by atoms with Gasteiger partial charge >= 0.3 is 0 Å². The van der Waals surface area contributed by atoms with Gasteiger partial charge in [-0.05, 0) is 25.5 Å². The number of benzene rings is 1. The monoisotopic (exact) mass is 409 g/mol. The smallest absolute Gasteiger partial charge is 0.243 e. The van der Waals surface area contributed by atoms with Gasteiger partial charge in [-0.15, -0.1) is 0 Å². The number of H-pyrrole nitrogens is 2. The standard InChI is InChI=1S/C21H25N6O3/c1-12(10-28)25-21(30)19(27-20(29)17(22)7-14-9-23-11-24-14)8-16-13(2)26-18-6-4-3-5-15(16)18/h3-6,9,11-12,17,19,26H,7-8,22H2,1-2H3,(H,23,24)(H,25,30)(H,27,29)/t12-,17-,19+/m0/s1. The molecule has 0 aliphatic heterocycles. The van der Waals surface area contributed by atoms with Gasteiger partial charge < -0.3 is 26.3 Å². The number of nitrogens with one attached hydrogen (secondary N) is 4. The number of hydrogen-bond donors (Lipinski definition) is 5. The molecule has 0 aliphatic rings. The van der Waals surface area contributed by atoms with E-state index in [1.807, 2.05) is 31.2 Å². The number of carbonyl (C=O) groups excluding carboxylic acids is 3. The van der Waals surface area contributed by atoms with Crippen LogP contribution in [0.15, 0.2) is 36.8 Å². The number of fused-ring (bicyclic) bond motifs is 1. The van der Waals surface area contributed by atoms with E-state index in [1.165, 1.54) is 13.3 Å². The molecule has 0 unspecified atom stereocenters. The van der Waals surface area contributed by atoms with E-state index >= 15 is 0 Å². The van der Waals surface area contributed by atoms with Gasteiger partial charge in [-0.1, -0.05) is 18.2 Å². The molecule has 2 amide bonds. The van der Waals surface area contributed by atoms with Crippen LogP contribution in [-0.4, -0.2) is 51.2 Å². The number of aromatic nitrogens is 3. The summed E-state index contributed by atoms with van der Waals surface area (Å²) in [5.41, 5.74) is 9.42. The summed E-state index contributed by atoms with van der Waals surface area (Å²) in [5.74, 6) is -0.950. The normalized spacial score (nSPS) is 14.1. The molecule has 3 rings (SSSR count). The maximum atomic E-state index is 12.8. The summed E-state index contributed by atoms with van der Waals surface area (Å²) in [5, 5.41) is 6.26. The van der Waals surface area contributed by atoms with Gasteiger partial charge in [0.25, 0.3) is 0 Å². The van der Waals surface area contributed by atoms with E-state index in [0.717, 1.165) is 22.2 Å². The molecule has 0 bridgehead atoms. The Kier molecular flexibility index (Phi) is 6.63. The van der Waals surface area contributed by atoms with Gasteiger partial charge in [-0.25, -0.2) is 4.98 Å². The molecule has 9 nitrogen and oxygen atoms in total. The molecule has 6 N–H and O–H groups in total. The lowest BCUT2D eigenvalue weighted by Crippen LogP contribution is -2.54. The number of amides is 2. The second kappa shape index (κ2) is 9.36. The fourth-order valence-corrected chi connectivity index (χ4v) is 3.35. The van der Waals surface area contributed by atoms with E-state index in [4.69, 9.17) is 5.73 Å². The Morgan fingerprint density at radius 1 is 1.20 bits per heavy atom. The zero-order valence-corrected chi connectivity index (χ0v) is 16.9. The van der Waals surface area contributed by atoms with Crippen LogP contribution in [0.4, 0.5) is 0 Å². The summed E-state index contributed by atoms with van der Waals surface area (Å²) in [6, 6.07) is 5.16. The zero-order valence-electron chi connectivity index (χ0n) is 16.9. The molecule has 3 atom stereocenters. The number of nitrogens with two attached hydrogens (primary N) is 1. The lowest BCUT2D eigenvalue weighted by atomic mass is 10.0. The first-order chi connectivity index (χ1) is 14.4. The number of aryl methyl sites for hydroxylation is 1. The summed E-state index contributed by atoms with van der Waals surface area (Å²) in [6.45, 7) is 3.43. The van der Waals surface area contributed by atoms with E-state index in [1.54, 1.807) is 12.5 Å². The van der Waals surface area contributed by atoms with Crippen molar-refractivity contribution in [2.24, 2.45) is 5.73 Å². The van der Waals surface area contributed by atoms with Crippen molar-refractivity contribution in [3.63, 3.8) is 0 Å². The van der Waals surface area contributed by atoms with E-state index in [2.05, 4.69) is 25.6 Å². The zero-order chi connectivity index (χ0) is 21.7. The average Bonchev–Trinajstić information content (AvgIpc) is 3.34.